The number of halogens is 2. The Morgan fingerprint density at radius 2 is 1.76 bits per heavy atom. The SMILES string of the molecule is O=C1S/C(=C/c2ccc(OCc3cccc(F)c3)c(I)c2)C(=O)N1CCCc1ccccc1. The molecule has 1 heterocycles. The average molecular weight is 573 g/mol. The Hall–Kier alpha value is -2.65. The largest absolute Gasteiger partial charge is 0.488 e. The van der Waals surface area contributed by atoms with E-state index >= 15 is 0 Å². The Morgan fingerprint density at radius 1 is 0.970 bits per heavy atom. The van der Waals surface area contributed by atoms with E-state index in [2.05, 4.69) is 22.6 Å². The Bertz CT molecular complexity index is 1200. The van der Waals surface area contributed by atoms with Gasteiger partial charge in [-0.3, -0.25) is 14.5 Å². The second-order valence-corrected chi connectivity index (χ2v) is 9.69. The van der Waals surface area contributed by atoms with Crippen molar-refractivity contribution in [2.24, 2.45) is 0 Å². The van der Waals surface area contributed by atoms with E-state index in [1.807, 2.05) is 48.5 Å². The molecule has 3 aromatic rings. The fraction of sp³-hybridized carbons (Fsp3) is 0.154. The molecule has 0 radical (unpaired) electrons. The smallest absolute Gasteiger partial charge is 0.293 e. The molecule has 0 atom stereocenters. The van der Waals surface area contributed by atoms with Crippen LogP contribution in [0.4, 0.5) is 9.18 Å². The van der Waals surface area contributed by atoms with Crippen LogP contribution in [-0.4, -0.2) is 22.6 Å². The van der Waals surface area contributed by atoms with Gasteiger partial charge in [-0.1, -0.05) is 48.5 Å². The molecule has 1 fully saturated rings. The molecule has 1 aliphatic rings. The molecule has 1 aliphatic heterocycles. The van der Waals surface area contributed by atoms with Crippen molar-refractivity contribution >= 4 is 51.6 Å². The molecule has 3 aromatic carbocycles. The summed E-state index contributed by atoms with van der Waals surface area (Å²) in [5.41, 5.74) is 2.75. The number of benzene rings is 3. The number of thioether (sulfide) groups is 1. The number of hydrogen-bond acceptors (Lipinski definition) is 4. The third-order valence-electron chi connectivity index (χ3n) is 5.10. The predicted octanol–water partition coefficient (Wildman–Crippen LogP) is 6.68. The van der Waals surface area contributed by atoms with Crippen LogP contribution >= 0.6 is 34.4 Å². The van der Waals surface area contributed by atoms with Crippen molar-refractivity contribution in [3.8, 4) is 5.75 Å². The zero-order valence-corrected chi connectivity index (χ0v) is 20.6. The first-order valence-corrected chi connectivity index (χ1v) is 12.4. The van der Waals surface area contributed by atoms with Gasteiger partial charge in [0.2, 0.25) is 0 Å². The predicted molar refractivity (Wildman–Crippen MR) is 137 cm³/mol. The van der Waals surface area contributed by atoms with E-state index in [-0.39, 0.29) is 23.6 Å². The van der Waals surface area contributed by atoms with Crippen LogP contribution in [0.3, 0.4) is 0 Å². The lowest BCUT2D eigenvalue weighted by atomic mass is 10.1. The van der Waals surface area contributed by atoms with Gasteiger partial charge in [-0.25, -0.2) is 4.39 Å². The first-order valence-electron chi connectivity index (χ1n) is 10.5. The van der Waals surface area contributed by atoms with Gasteiger partial charge in [-0.2, -0.15) is 0 Å². The summed E-state index contributed by atoms with van der Waals surface area (Å²) < 4.78 is 20.0. The Morgan fingerprint density at radius 3 is 2.52 bits per heavy atom. The first-order chi connectivity index (χ1) is 16.0. The quantitative estimate of drug-likeness (QED) is 0.223. The van der Waals surface area contributed by atoms with Crippen LogP contribution in [0.5, 0.6) is 5.75 Å². The highest BCUT2D eigenvalue weighted by molar-refractivity contribution is 14.1. The van der Waals surface area contributed by atoms with Crippen LogP contribution in [0.2, 0.25) is 0 Å². The topological polar surface area (TPSA) is 46.6 Å². The van der Waals surface area contributed by atoms with E-state index in [0.29, 0.717) is 17.2 Å². The summed E-state index contributed by atoms with van der Waals surface area (Å²) in [7, 11) is 0. The Balaban J connectivity index is 1.37. The maximum atomic E-state index is 13.3. The van der Waals surface area contributed by atoms with Gasteiger partial charge < -0.3 is 4.74 Å². The highest BCUT2D eigenvalue weighted by Gasteiger charge is 2.34. The van der Waals surface area contributed by atoms with Gasteiger partial charge in [-0.15, -0.1) is 0 Å². The number of carbonyl (C=O) groups is 2. The normalized spacial score (nSPS) is 14.8. The van der Waals surface area contributed by atoms with Crippen LogP contribution in [0.1, 0.15) is 23.1 Å². The highest BCUT2D eigenvalue weighted by atomic mass is 127. The van der Waals surface area contributed by atoms with E-state index in [4.69, 9.17) is 4.74 Å². The summed E-state index contributed by atoms with van der Waals surface area (Å²) in [6.07, 6.45) is 3.28. The second-order valence-electron chi connectivity index (χ2n) is 7.53. The van der Waals surface area contributed by atoms with Crippen molar-refractivity contribution in [2.45, 2.75) is 19.4 Å². The molecule has 4 nitrogen and oxygen atoms in total. The van der Waals surface area contributed by atoms with Gasteiger partial charge in [0.1, 0.15) is 18.2 Å². The molecule has 0 N–H and O–H groups in total. The Kier molecular flexibility index (Phi) is 7.82. The lowest BCUT2D eigenvalue weighted by Gasteiger charge is -2.12. The molecule has 4 rings (SSSR count). The second kappa shape index (κ2) is 11.0. The average Bonchev–Trinajstić information content (AvgIpc) is 3.06. The Labute approximate surface area is 210 Å². The zero-order valence-electron chi connectivity index (χ0n) is 17.7. The number of rotatable bonds is 8. The summed E-state index contributed by atoms with van der Waals surface area (Å²) in [6.45, 7) is 0.663. The van der Waals surface area contributed by atoms with Crippen molar-refractivity contribution in [3.63, 3.8) is 0 Å². The summed E-state index contributed by atoms with van der Waals surface area (Å²) in [5, 5.41) is -0.232. The summed E-state index contributed by atoms with van der Waals surface area (Å²) in [4.78, 5) is 26.9. The first kappa shape index (κ1) is 23.5. The van der Waals surface area contributed by atoms with Crippen molar-refractivity contribution < 1.29 is 18.7 Å². The van der Waals surface area contributed by atoms with Gasteiger partial charge in [-0.05, 0) is 94.2 Å². The molecule has 33 heavy (non-hydrogen) atoms. The van der Waals surface area contributed by atoms with Gasteiger partial charge in [0.25, 0.3) is 11.1 Å². The molecule has 0 spiro atoms. The standard InChI is InChI=1S/C26H21FINO3S/c27-21-10-4-8-20(14-21)17-32-23-12-11-19(15-22(23)28)16-24-25(30)29(26(31)33-24)13-5-9-18-6-2-1-3-7-18/h1-4,6-8,10-12,14-16H,5,9,13,17H2/b24-16+. The summed E-state index contributed by atoms with van der Waals surface area (Å²) in [6, 6.07) is 21.9. The van der Waals surface area contributed by atoms with Crippen LogP contribution < -0.4 is 4.74 Å². The molecule has 0 unspecified atom stereocenters. The maximum absolute atomic E-state index is 13.3. The number of nitrogens with zero attached hydrogens (tertiary/aromatic N) is 1. The minimum Gasteiger partial charge on any atom is -0.488 e. The van der Waals surface area contributed by atoms with Gasteiger partial charge >= 0.3 is 0 Å². The van der Waals surface area contributed by atoms with E-state index in [0.717, 1.165) is 39.3 Å². The fourth-order valence-electron chi connectivity index (χ4n) is 3.44. The lowest BCUT2D eigenvalue weighted by molar-refractivity contribution is -0.122. The summed E-state index contributed by atoms with van der Waals surface area (Å²) >= 11 is 3.13. The molecule has 0 aliphatic carbocycles. The van der Waals surface area contributed by atoms with Gasteiger partial charge in [0, 0.05) is 6.54 Å². The molecule has 0 aromatic heterocycles. The number of carbonyl (C=O) groups excluding carboxylic acids is 2. The van der Waals surface area contributed by atoms with E-state index in [9.17, 15) is 14.0 Å². The van der Waals surface area contributed by atoms with E-state index in [1.54, 1.807) is 18.2 Å². The van der Waals surface area contributed by atoms with E-state index in [1.165, 1.54) is 22.6 Å². The lowest BCUT2D eigenvalue weighted by Crippen LogP contribution is -2.29. The van der Waals surface area contributed by atoms with Crippen molar-refractivity contribution in [2.75, 3.05) is 6.54 Å². The van der Waals surface area contributed by atoms with Crippen LogP contribution in [0, 0.1) is 9.39 Å². The number of imide groups is 1. The number of aryl methyl sites for hydroxylation is 1. The fourth-order valence-corrected chi connectivity index (χ4v) is 5.00. The molecule has 0 saturated carbocycles. The van der Waals surface area contributed by atoms with Gasteiger partial charge in [0.15, 0.2) is 0 Å². The molecule has 2 amide bonds. The molecule has 1 saturated heterocycles. The molecular formula is C26H21FINO3S. The minimum absolute atomic E-state index is 0.232. The molecule has 0 bridgehead atoms. The molecule has 168 valence electrons. The number of amides is 2. The number of hydrogen-bond donors (Lipinski definition) is 0. The van der Waals surface area contributed by atoms with Crippen molar-refractivity contribution in [1.29, 1.82) is 0 Å². The van der Waals surface area contributed by atoms with Crippen LogP contribution in [-0.2, 0) is 17.8 Å². The molecule has 7 heteroatoms. The number of ether oxygens (including phenoxy) is 1. The zero-order chi connectivity index (χ0) is 23.2. The van der Waals surface area contributed by atoms with Gasteiger partial charge in [0.05, 0.1) is 8.48 Å². The third-order valence-corrected chi connectivity index (χ3v) is 6.85. The highest BCUT2D eigenvalue weighted by Crippen LogP contribution is 2.33. The van der Waals surface area contributed by atoms with Crippen LogP contribution in [0.25, 0.3) is 6.08 Å². The van der Waals surface area contributed by atoms with Crippen molar-refractivity contribution in [1.82, 2.24) is 4.90 Å². The van der Waals surface area contributed by atoms with Crippen LogP contribution in [0.15, 0.2) is 77.7 Å². The van der Waals surface area contributed by atoms with Crippen molar-refractivity contribution in [3.05, 3.63) is 104 Å². The summed E-state index contributed by atoms with van der Waals surface area (Å²) in [5.74, 6) is 0.126. The monoisotopic (exact) mass is 573 g/mol. The van der Waals surface area contributed by atoms with E-state index < -0.39 is 0 Å². The maximum Gasteiger partial charge on any atom is 0.293 e. The molecular weight excluding hydrogens is 552 g/mol. The minimum atomic E-state index is -0.296. The third kappa shape index (κ3) is 6.23.